The zero-order chi connectivity index (χ0) is 17.1. The van der Waals surface area contributed by atoms with Gasteiger partial charge in [-0.3, -0.25) is 0 Å². The molecule has 1 amide bonds. The van der Waals surface area contributed by atoms with Crippen LogP contribution >= 0.6 is 0 Å². The summed E-state index contributed by atoms with van der Waals surface area (Å²) in [6.45, 7) is 0.249. The van der Waals surface area contributed by atoms with Gasteiger partial charge in [-0.2, -0.15) is 0 Å². The van der Waals surface area contributed by atoms with Gasteiger partial charge in [0.15, 0.2) is 11.5 Å². The van der Waals surface area contributed by atoms with Crippen LogP contribution in [-0.4, -0.2) is 38.1 Å². The largest absolute Gasteiger partial charge is 0.493 e. The van der Waals surface area contributed by atoms with E-state index >= 15 is 0 Å². The minimum Gasteiger partial charge on any atom is -0.493 e. The minimum atomic E-state index is -1.05. The average molecular weight is 329 g/mol. The lowest BCUT2D eigenvalue weighted by Gasteiger charge is -2.16. The molecular formula is C18H19NO5. The predicted octanol–water partition coefficient (Wildman–Crippen LogP) is 2.94. The second kappa shape index (κ2) is 6.70. The number of rotatable bonds is 5. The van der Waals surface area contributed by atoms with Gasteiger partial charge in [0.1, 0.15) is 11.9 Å². The summed E-state index contributed by atoms with van der Waals surface area (Å²) in [6.07, 6.45) is -0.603. The smallest absolute Gasteiger partial charge is 0.404 e. The van der Waals surface area contributed by atoms with E-state index in [1.807, 2.05) is 36.4 Å². The SMILES string of the molecule is COc1cccc(-c2cccc3c2OC(CNC(=O)O)C3)c1OC. The van der Waals surface area contributed by atoms with Crippen LogP contribution in [0.1, 0.15) is 5.56 Å². The van der Waals surface area contributed by atoms with E-state index in [4.69, 9.17) is 19.3 Å². The summed E-state index contributed by atoms with van der Waals surface area (Å²) in [6, 6.07) is 11.6. The van der Waals surface area contributed by atoms with E-state index in [-0.39, 0.29) is 12.6 Å². The number of amides is 1. The molecule has 1 aliphatic heterocycles. The van der Waals surface area contributed by atoms with Crippen LogP contribution < -0.4 is 19.5 Å². The van der Waals surface area contributed by atoms with Crippen molar-refractivity contribution in [1.82, 2.24) is 5.32 Å². The number of benzene rings is 2. The first kappa shape index (κ1) is 16.0. The summed E-state index contributed by atoms with van der Waals surface area (Å²) in [4.78, 5) is 10.7. The Labute approximate surface area is 140 Å². The first-order valence-corrected chi connectivity index (χ1v) is 7.60. The van der Waals surface area contributed by atoms with Crippen molar-refractivity contribution >= 4 is 6.09 Å². The van der Waals surface area contributed by atoms with Crippen LogP contribution in [0.25, 0.3) is 11.1 Å². The second-order valence-electron chi connectivity index (χ2n) is 5.46. The van der Waals surface area contributed by atoms with Crippen molar-refractivity contribution in [1.29, 1.82) is 0 Å². The number of para-hydroxylation sites is 2. The molecule has 3 rings (SSSR count). The topological polar surface area (TPSA) is 77.0 Å². The average Bonchev–Trinajstić information content (AvgIpc) is 3.02. The van der Waals surface area contributed by atoms with Crippen molar-refractivity contribution in [3.8, 4) is 28.4 Å². The lowest BCUT2D eigenvalue weighted by molar-refractivity contribution is 0.181. The third kappa shape index (κ3) is 2.95. The fourth-order valence-corrected chi connectivity index (χ4v) is 2.96. The van der Waals surface area contributed by atoms with Crippen LogP contribution in [0.3, 0.4) is 0 Å². The zero-order valence-electron chi connectivity index (χ0n) is 13.5. The van der Waals surface area contributed by atoms with Crippen molar-refractivity contribution in [2.45, 2.75) is 12.5 Å². The van der Waals surface area contributed by atoms with Crippen LogP contribution in [0, 0.1) is 0 Å². The molecule has 1 aliphatic rings. The number of nitrogens with one attached hydrogen (secondary N) is 1. The van der Waals surface area contributed by atoms with Gasteiger partial charge in [-0.05, 0) is 11.6 Å². The molecule has 0 saturated carbocycles. The van der Waals surface area contributed by atoms with Crippen molar-refractivity contribution in [2.75, 3.05) is 20.8 Å². The molecule has 0 aliphatic carbocycles. The molecule has 2 aromatic carbocycles. The van der Waals surface area contributed by atoms with E-state index in [9.17, 15) is 4.79 Å². The third-order valence-corrected chi connectivity index (χ3v) is 4.00. The normalized spacial score (nSPS) is 15.3. The Morgan fingerprint density at radius 3 is 2.67 bits per heavy atom. The van der Waals surface area contributed by atoms with E-state index < -0.39 is 6.09 Å². The summed E-state index contributed by atoms with van der Waals surface area (Å²) in [5.41, 5.74) is 2.83. The van der Waals surface area contributed by atoms with Gasteiger partial charge in [0, 0.05) is 17.5 Å². The lowest BCUT2D eigenvalue weighted by atomic mass is 9.99. The van der Waals surface area contributed by atoms with Crippen LogP contribution in [0.5, 0.6) is 17.2 Å². The van der Waals surface area contributed by atoms with Crippen LogP contribution in [0.4, 0.5) is 4.79 Å². The molecule has 0 radical (unpaired) electrons. The maximum absolute atomic E-state index is 10.7. The van der Waals surface area contributed by atoms with E-state index in [2.05, 4.69) is 5.32 Å². The molecule has 1 unspecified atom stereocenters. The standard InChI is InChI=1S/C18H19NO5/c1-22-15-8-4-7-14(17(15)23-2)13-6-3-5-11-9-12(24-16(11)13)10-19-18(20)21/h3-8,12,19H,9-10H2,1-2H3,(H,20,21). The number of hydrogen-bond acceptors (Lipinski definition) is 4. The minimum absolute atomic E-state index is 0.214. The number of carbonyl (C=O) groups is 1. The summed E-state index contributed by atoms with van der Waals surface area (Å²) in [5.74, 6) is 2.06. The second-order valence-corrected chi connectivity index (χ2v) is 5.46. The highest BCUT2D eigenvalue weighted by atomic mass is 16.5. The van der Waals surface area contributed by atoms with E-state index in [0.29, 0.717) is 17.9 Å². The Morgan fingerprint density at radius 2 is 1.96 bits per heavy atom. The molecule has 24 heavy (non-hydrogen) atoms. The number of carboxylic acid groups (broad SMARTS) is 1. The Bertz CT molecular complexity index is 759. The zero-order valence-corrected chi connectivity index (χ0v) is 13.5. The van der Waals surface area contributed by atoms with Crippen LogP contribution in [-0.2, 0) is 6.42 Å². The van der Waals surface area contributed by atoms with E-state index in [1.54, 1.807) is 14.2 Å². The van der Waals surface area contributed by atoms with Crippen LogP contribution in [0.15, 0.2) is 36.4 Å². The van der Waals surface area contributed by atoms with Gasteiger partial charge >= 0.3 is 6.09 Å². The lowest BCUT2D eigenvalue weighted by Crippen LogP contribution is -2.33. The number of methoxy groups -OCH3 is 2. The van der Waals surface area contributed by atoms with E-state index in [0.717, 1.165) is 22.4 Å². The number of hydrogen-bond donors (Lipinski definition) is 2. The maximum Gasteiger partial charge on any atom is 0.404 e. The van der Waals surface area contributed by atoms with Crippen molar-refractivity contribution in [3.63, 3.8) is 0 Å². The molecule has 2 aromatic rings. The predicted molar refractivity (Wildman–Crippen MR) is 89.1 cm³/mol. The molecule has 6 nitrogen and oxygen atoms in total. The molecule has 126 valence electrons. The fourth-order valence-electron chi connectivity index (χ4n) is 2.96. The Hall–Kier alpha value is -2.89. The van der Waals surface area contributed by atoms with Crippen molar-refractivity contribution < 1.29 is 24.1 Å². The van der Waals surface area contributed by atoms with E-state index in [1.165, 1.54) is 0 Å². The Balaban J connectivity index is 1.96. The number of ether oxygens (including phenoxy) is 3. The Morgan fingerprint density at radius 1 is 1.21 bits per heavy atom. The molecule has 6 heteroatoms. The first-order chi connectivity index (χ1) is 11.6. The van der Waals surface area contributed by atoms with Crippen molar-refractivity contribution in [2.24, 2.45) is 0 Å². The highest BCUT2D eigenvalue weighted by molar-refractivity contribution is 5.80. The van der Waals surface area contributed by atoms with Gasteiger partial charge in [-0.1, -0.05) is 30.3 Å². The van der Waals surface area contributed by atoms with Gasteiger partial charge < -0.3 is 24.6 Å². The molecule has 2 N–H and O–H groups in total. The van der Waals surface area contributed by atoms with Gasteiger partial charge in [-0.25, -0.2) is 4.79 Å². The van der Waals surface area contributed by atoms with Gasteiger partial charge in [0.05, 0.1) is 20.8 Å². The highest BCUT2D eigenvalue weighted by Crippen LogP contribution is 2.45. The van der Waals surface area contributed by atoms with Crippen molar-refractivity contribution in [3.05, 3.63) is 42.0 Å². The molecule has 0 bridgehead atoms. The summed E-state index contributed by atoms with van der Waals surface area (Å²) < 4.78 is 16.9. The highest BCUT2D eigenvalue weighted by Gasteiger charge is 2.27. The quantitative estimate of drug-likeness (QED) is 0.882. The van der Waals surface area contributed by atoms with Gasteiger partial charge in [-0.15, -0.1) is 0 Å². The molecule has 0 saturated heterocycles. The summed E-state index contributed by atoms with van der Waals surface area (Å²) >= 11 is 0. The van der Waals surface area contributed by atoms with Gasteiger partial charge in [0.25, 0.3) is 0 Å². The molecule has 1 atom stereocenters. The molecule has 0 aromatic heterocycles. The molecular weight excluding hydrogens is 310 g/mol. The third-order valence-electron chi connectivity index (χ3n) is 4.00. The fraction of sp³-hybridized carbons (Fsp3) is 0.278. The number of fused-ring (bicyclic) bond motifs is 1. The summed E-state index contributed by atoms with van der Waals surface area (Å²) in [5, 5.41) is 11.1. The summed E-state index contributed by atoms with van der Waals surface area (Å²) in [7, 11) is 3.20. The molecule has 0 fully saturated rings. The Kier molecular flexibility index (Phi) is 4.46. The maximum atomic E-state index is 10.7. The molecule has 1 heterocycles. The van der Waals surface area contributed by atoms with Gasteiger partial charge in [0.2, 0.25) is 0 Å². The monoisotopic (exact) mass is 329 g/mol. The molecule has 0 spiro atoms. The van der Waals surface area contributed by atoms with Crippen LogP contribution in [0.2, 0.25) is 0 Å². The first-order valence-electron chi connectivity index (χ1n) is 7.60.